The van der Waals surface area contributed by atoms with Gasteiger partial charge in [0.05, 0.1) is 5.39 Å². The van der Waals surface area contributed by atoms with Gasteiger partial charge in [-0.1, -0.05) is 49.4 Å². The quantitative estimate of drug-likeness (QED) is 0.594. The van der Waals surface area contributed by atoms with Crippen LogP contribution < -0.4 is 5.32 Å². The van der Waals surface area contributed by atoms with Gasteiger partial charge in [0, 0.05) is 23.3 Å². The van der Waals surface area contributed by atoms with Gasteiger partial charge in [0.1, 0.15) is 17.8 Å². The van der Waals surface area contributed by atoms with Crippen molar-refractivity contribution in [3.8, 4) is 11.1 Å². The van der Waals surface area contributed by atoms with Gasteiger partial charge in [-0.2, -0.15) is 0 Å². The summed E-state index contributed by atoms with van der Waals surface area (Å²) in [6, 6.07) is 7.91. The zero-order valence-electron chi connectivity index (χ0n) is 14.3. The van der Waals surface area contributed by atoms with Gasteiger partial charge in [0.2, 0.25) is 0 Å². The zero-order chi connectivity index (χ0) is 17.1. The van der Waals surface area contributed by atoms with Crippen molar-refractivity contribution in [1.29, 1.82) is 0 Å². The molecule has 0 unspecified atom stereocenters. The number of H-pyrrole nitrogens is 1. The molecular formula is C20H23ClN4. The molecule has 3 aromatic rings. The molecular weight excluding hydrogens is 332 g/mol. The predicted molar refractivity (Wildman–Crippen MR) is 104 cm³/mol. The van der Waals surface area contributed by atoms with Gasteiger partial charge in [-0.3, -0.25) is 0 Å². The van der Waals surface area contributed by atoms with Crippen LogP contribution in [0.5, 0.6) is 0 Å². The molecule has 2 heterocycles. The Labute approximate surface area is 153 Å². The third kappa shape index (κ3) is 3.64. The van der Waals surface area contributed by atoms with Gasteiger partial charge in [0.25, 0.3) is 0 Å². The summed E-state index contributed by atoms with van der Waals surface area (Å²) < 4.78 is 0. The number of halogens is 1. The standard InChI is InChI=1S/C20H23ClN4/c21-16-9-5-8-15(10-16)17-12-23-20-18(17)19(24-13-25-20)22-11-14-6-3-1-2-4-7-14/h5,8-10,12-14H,1-4,6-7,11H2,(H2,22,23,24,25). The first kappa shape index (κ1) is 16.4. The Morgan fingerprint density at radius 1 is 1.12 bits per heavy atom. The average molecular weight is 355 g/mol. The number of nitrogens with zero attached hydrogens (tertiary/aromatic N) is 2. The summed E-state index contributed by atoms with van der Waals surface area (Å²) in [5, 5.41) is 5.37. The Morgan fingerprint density at radius 2 is 1.96 bits per heavy atom. The molecule has 1 aliphatic carbocycles. The maximum Gasteiger partial charge on any atom is 0.143 e. The van der Waals surface area contributed by atoms with E-state index in [1.807, 2.05) is 24.4 Å². The van der Waals surface area contributed by atoms with Crippen LogP contribution in [-0.2, 0) is 0 Å². The van der Waals surface area contributed by atoms with E-state index in [1.165, 1.54) is 38.5 Å². The lowest BCUT2D eigenvalue weighted by Gasteiger charge is -2.16. The van der Waals surface area contributed by atoms with Crippen molar-refractivity contribution >= 4 is 28.5 Å². The van der Waals surface area contributed by atoms with Crippen LogP contribution in [0.25, 0.3) is 22.2 Å². The lowest BCUT2D eigenvalue weighted by Crippen LogP contribution is -2.14. The Bertz CT molecular complexity index is 850. The first-order chi connectivity index (χ1) is 12.3. The predicted octanol–water partition coefficient (Wildman–Crippen LogP) is 5.66. The number of hydrogen-bond acceptors (Lipinski definition) is 3. The van der Waals surface area contributed by atoms with E-state index in [9.17, 15) is 0 Å². The second kappa shape index (κ2) is 7.44. The van der Waals surface area contributed by atoms with Crippen LogP contribution >= 0.6 is 11.6 Å². The van der Waals surface area contributed by atoms with E-state index >= 15 is 0 Å². The average Bonchev–Trinajstić information content (AvgIpc) is 2.89. The Balaban J connectivity index is 1.63. The first-order valence-corrected chi connectivity index (χ1v) is 9.51. The van der Waals surface area contributed by atoms with Crippen LogP contribution in [-0.4, -0.2) is 21.5 Å². The van der Waals surface area contributed by atoms with Crippen LogP contribution in [0, 0.1) is 5.92 Å². The highest BCUT2D eigenvalue weighted by Crippen LogP contribution is 2.33. The van der Waals surface area contributed by atoms with E-state index in [0.29, 0.717) is 0 Å². The van der Waals surface area contributed by atoms with Crippen LogP contribution in [0.1, 0.15) is 38.5 Å². The van der Waals surface area contributed by atoms with E-state index < -0.39 is 0 Å². The molecule has 0 saturated heterocycles. The largest absolute Gasteiger partial charge is 0.369 e. The molecule has 0 spiro atoms. The molecule has 0 bridgehead atoms. The lowest BCUT2D eigenvalue weighted by atomic mass is 10.0. The normalized spacial score (nSPS) is 16.0. The highest BCUT2D eigenvalue weighted by Gasteiger charge is 2.16. The number of nitrogens with one attached hydrogen (secondary N) is 2. The molecule has 2 aromatic heterocycles. The topological polar surface area (TPSA) is 53.6 Å². The monoisotopic (exact) mass is 354 g/mol. The SMILES string of the molecule is Clc1cccc(-c2c[nH]c3ncnc(NCC4CCCCCC4)c23)c1. The summed E-state index contributed by atoms with van der Waals surface area (Å²) in [7, 11) is 0. The molecule has 130 valence electrons. The maximum atomic E-state index is 6.17. The summed E-state index contributed by atoms with van der Waals surface area (Å²) in [6.07, 6.45) is 11.7. The van der Waals surface area contributed by atoms with E-state index in [1.54, 1.807) is 6.33 Å². The molecule has 0 aliphatic heterocycles. The molecule has 25 heavy (non-hydrogen) atoms. The number of fused-ring (bicyclic) bond motifs is 1. The van der Waals surface area contributed by atoms with Crippen LogP contribution in [0.2, 0.25) is 5.02 Å². The van der Waals surface area contributed by atoms with Crippen molar-refractivity contribution in [1.82, 2.24) is 15.0 Å². The van der Waals surface area contributed by atoms with Gasteiger partial charge < -0.3 is 10.3 Å². The van der Waals surface area contributed by atoms with Gasteiger partial charge >= 0.3 is 0 Å². The molecule has 0 radical (unpaired) electrons. The molecule has 0 atom stereocenters. The smallest absolute Gasteiger partial charge is 0.143 e. The number of anilines is 1. The van der Waals surface area contributed by atoms with Gasteiger partial charge in [-0.25, -0.2) is 9.97 Å². The highest BCUT2D eigenvalue weighted by molar-refractivity contribution is 6.31. The van der Waals surface area contributed by atoms with Crippen molar-refractivity contribution in [2.45, 2.75) is 38.5 Å². The second-order valence-electron chi connectivity index (χ2n) is 6.90. The molecule has 4 nitrogen and oxygen atoms in total. The van der Waals surface area contributed by atoms with Crippen LogP contribution in [0.3, 0.4) is 0 Å². The number of benzene rings is 1. The fourth-order valence-electron chi connectivity index (χ4n) is 3.79. The highest BCUT2D eigenvalue weighted by atomic mass is 35.5. The van der Waals surface area contributed by atoms with E-state index in [0.717, 1.165) is 45.5 Å². The van der Waals surface area contributed by atoms with Crippen molar-refractivity contribution in [3.05, 3.63) is 41.8 Å². The van der Waals surface area contributed by atoms with Crippen molar-refractivity contribution in [3.63, 3.8) is 0 Å². The maximum absolute atomic E-state index is 6.17. The lowest BCUT2D eigenvalue weighted by molar-refractivity contribution is 0.483. The second-order valence-corrected chi connectivity index (χ2v) is 7.33. The summed E-state index contributed by atoms with van der Waals surface area (Å²) in [5.74, 6) is 1.64. The minimum atomic E-state index is 0.733. The summed E-state index contributed by atoms with van der Waals surface area (Å²) in [6.45, 7) is 0.978. The number of aromatic nitrogens is 3. The number of rotatable bonds is 4. The number of hydrogen-bond donors (Lipinski definition) is 2. The zero-order valence-corrected chi connectivity index (χ0v) is 15.0. The van der Waals surface area contributed by atoms with Crippen molar-refractivity contribution in [2.75, 3.05) is 11.9 Å². The summed E-state index contributed by atoms with van der Waals surface area (Å²) in [5.41, 5.74) is 3.01. The van der Waals surface area contributed by atoms with Crippen molar-refractivity contribution < 1.29 is 0 Å². The Hall–Kier alpha value is -2.07. The molecule has 1 aliphatic rings. The minimum absolute atomic E-state index is 0.733. The fraction of sp³-hybridized carbons (Fsp3) is 0.400. The van der Waals surface area contributed by atoms with E-state index in [-0.39, 0.29) is 0 Å². The van der Waals surface area contributed by atoms with Gasteiger partial charge in [0.15, 0.2) is 0 Å². The molecule has 5 heteroatoms. The first-order valence-electron chi connectivity index (χ1n) is 9.13. The third-order valence-electron chi connectivity index (χ3n) is 5.14. The fourth-order valence-corrected chi connectivity index (χ4v) is 3.98. The molecule has 1 fully saturated rings. The van der Waals surface area contributed by atoms with Crippen molar-refractivity contribution in [2.24, 2.45) is 5.92 Å². The summed E-state index contributed by atoms with van der Waals surface area (Å²) >= 11 is 6.17. The molecule has 4 rings (SSSR count). The van der Waals surface area contributed by atoms with E-state index in [2.05, 4.69) is 26.3 Å². The Morgan fingerprint density at radius 3 is 2.76 bits per heavy atom. The van der Waals surface area contributed by atoms with Gasteiger partial charge in [-0.05, 0) is 36.5 Å². The molecule has 2 N–H and O–H groups in total. The molecule has 0 amide bonds. The third-order valence-corrected chi connectivity index (χ3v) is 5.37. The molecule has 1 aromatic carbocycles. The summed E-state index contributed by atoms with van der Waals surface area (Å²) in [4.78, 5) is 12.2. The molecule has 1 saturated carbocycles. The number of aromatic amines is 1. The minimum Gasteiger partial charge on any atom is -0.369 e. The van der Waals surface area contributed by atoms with Crippen LogP contribution in [0.4, 0.5) is 5.82 Å². The van der Waals surface area contributed by atoms with Crippen LogP contribution in [0.15, 0.2) is 36.8 Å². The van der Waals surface area contributed by atoms with E-state index in [4.69, 9.17) is 11.6 Å². The van der Waals surface area contributed by atoms with Gasteiger partial charge in [-0.15, -0.1) is 0 Å². The Kier molecular flexibility index (Phi) is 4.88.